The average molecular weight is 247 g/mol. The van der Waals surface area contributed by atoms with Crippen LogP contribution < -0.4 is 20.5 Å². The number of carbonyl (C=O) groups is 1. The van der Waals surface area contributed by atoms with Crippen LogP contribution in [0.3, 0.4) is 0 Å². The van der Waals surface area contributed by atoms with Crippen LogP contribution in [0.1, 0.15) is 0 Å². The second kappa shape index (κ2) is 6.92. The van der Waals surface area contributed by atoms with Gasteiger partial charge in [0.25, 0.3) is 0 Å². The van der Waals surface area contributed by atoms with Crippen molar-refractivity contribution in [2.75, 3.05) is 26.1 Å². The Morgan fingerprint density at radius 3 is 2.44 bits per heavy atom. The Bertz CT molecular complexity index is 358. The molecule has 0 aliphatic heterocycles. The minimum atomic E-state index is -0.248. The molecule has 0 saturated carbocycles. The van der Waals surface area contributed by atoms with E-state index in [1.807, 2.05) is 0 Å². The highest BCUT2D eigenvalue weighted by atomic mass is 35.5. The summed E-state index contributed by atoms with van der Waals surface area (Å²) in [4.78, 5) is 11.0. The fourth-order valence-electron chi connectivity index (χ4n) is 1.13. The molecule has 0 fully saturated rings. The van der Waals surface area contributed by atoms with Crippen molar-refractivity contribution >= 4 is 24.0 Å². The van der Waals surface area contributed by atoms with Crippen LogP contribution in [0, 0.1) is 0 Å². The Morgan fingerprint density at radius 1 is 1.31 bits per heavy atom. The van der Waals surface area contributed by atoms with Gasteiger partial charge in [0.2, 0.25) is 5.91 Å². The van der Waals surface area contributed by atoms with Gasteiger partial charge in [-0.3, -0.25) is 4.79 Å². The number of rotatable bonds is 4. The van der Waals surface area contributed by atoms with Crippen LogP contribution in [0.2, 0.25) is 0 Å². The molecule has 0 aromatic heterocycles. The van der Waals surface area contributed by atoms with E-state index in [9.17, 15) is 4.79 Å². The first kappa shape index (κ1) is 14.5. The van der Waals surface area contributed by atoms with E-state index in [1.54, 1.807) is 25.3 Å². The molecule has 5 nitrogen and oxygen atoms in total. The van der Waals surface area contributed by atoms with Gasteiger partial charge in [-0.2, -0.15) is 0 Å². The van der Waals surface area contributed by atoms with Crippen LogP contribution in [0.4, 0.5) is 5.69 Å². The third kappa shape index (κ3) is 3.60. The van der Waals surface area contributed by atoms with Crippen molar-refractivity contribution in [2.24, 2.45) is 5.73 Å². The lowest BCUT2D eigenvalue weighted by molar-refractivity contribution is -0.114. The summed E-state index contributed by atoms with van der Waals surface area (Å²) in [6, 6.07) is 5.10. The molecular weight excluding hydrogens is 232 g/mol. The molecule has 0 spiro atoms. The summed E-state index contributed by atoms with van der Waals surface area (Å²) in [5.74, 6) is 0.929. The second-order valence-electron chi connectivity index (χ2n) is 2.82. The van der Waals surface area contributed by atoms with E-state index in [1.165, 1.54) is 7.11 Å². The zero-order chi connectivity index (χ0) is 11.3. The molecule has 1 aromatic rings. The molecule has 0 unspecified atom stereocenters. The molecule has 0 radical (unpaired) electrons. The van der Waals surface area contributed by atoms with Gasteiger partial charge in [-0.25, -0.2) is 0 Å². The third-order valence-electron chi connectivity index (χ3n) is 1.85. The summed E-state index contributed by atoms with van der Waals surface area (Å²) in [6.07, 6.45) is 0. The summed E-state index contributed by atoms with van der Waals surface area (Å²) in [5, 5.41) is 2.62. The number of amides is 1. The number of hydrogen-bond acceptors (Lipinski definition) is 4. The zero-order valence-electron chi connectivity index (χ0n) is 9.15. The number of halogens is 1. The van der Waals surface area contributed by atoms with Gasteiger partial charge in [0.05, 0.1) is 20.8 Å². The maximum absolute atomic E-state index is 11.0. The Balaban J connectivity index is 0.00000225. The average Bonchev–Trinajstić information content (AvgIpc) is 2.28. The van der Waals surface area contributed by atoms with Gasteiger partial charge in [-0.05, 0) is 12.1 Å². The lowest BCUT2D eigenvalue weighted by Crippen LogP contribution is -2.21. The standard InChI is InChI=1S/C10H14N2O3.ClH/c1-14-8-4-3-7(5-9(8)15-2)12-10(13)6-11;/h3-5H,6,11H2,1-2H3,(H,12,13);1H. The smallest absolute Gasteiger partial charge is 0.238 e. The van der Waals surface area contributed by atoms with Crippen molar-refractivity contribution < 1.29 is 14.3 Å². The number of anilines is 1. The van der Waals surface area contributed by atoms with Crippen molar-refractivity contribution in [3.05, 3.63) is 18.2 Å². The molecule has 90 valence electrons. The molecule has 0 aliphatic carbocycles. The highest BCUT2D eigenvalue weighted by Crippen LogP contribution is 2.29. The number of methoxy groups -OCH3 is 2. The number of ether oxygens (including phenoxy) is 2. The maximum atomic E-state index is 11.0. The Labute approximate surface area is 100 Å². The molecule has 16 heavy (non-hydrogen) atoms. The Morgan fingerprint density at radius 2 is 1.94 bits per heavy atom. The fraction of sp³-hybridized carbons (Fsp3) is 0.300. The van der Waals surface area contributed by atoms with E-state index in [0.717, 1.165) is 0 Å². The topological polar surface area (TPSA) is 73.6 Å². The van der Waals surface area contributed by atoms with Crippen molar-refractivity contribution in [1.82, 2.24) is 0 Å². The Hall–Kier alpha value is -1.46. The van der Waals surface area contributed by atoms with Crippen molar-refractivity contribution in [3.63, 3.8) is 0 Å². The van der Waals surface area contributed by atoms with Crippen molar-refractivity contribution in [3.8, 4) is 11.5 Å². The first-order valence-electron chi connectivity index (χ1n) is 4.43. The fourth-order valence-corrected chi connectivity index (χ4v) is 1.13. The number of carbonyl (C=O) groups excluding carboxylic acids is 1. The van der Waals surface area contributed by atoms with Gasteiger partial charge in [-0.1, -0.05) is 0 Å². The predicted molar refractivity (Wildman–Crippen MR) is 64.5 cm³/mol. The molecule has 1 rings (SSSR count). The van der Waals surface area contributed by atoms with Crippen LogP contribution in [0.25, 0.3) is 0 Å². The third-order valence-corrected chi connectivity index (χ3v) is 1.85. The lowest BCUT2D eigenvalue weighted by Gasteiger charge is -2.09. The second-order valence-corrected chi connectivity index (χ2v) is 2.82. The predicted octanol–water partition coefficient (Wildman–Crippen LogP) is 1.02. The molecule has 0 atom stereocenters. The van der Waals surface area contributed by atoms with Gasteiger partial charge in [-0.15, -0.1) is 12.4 Å². The SMILES string of the molecule is COc1ccc(NC(=O)CN)cc1OC.Cl. The highest BCUT2D eigenvalue weighted by molar-refractivity contribution is 5.92. The van der Waals surface area contributed by atoms with Gasteiger partial charge in [0, 0.05) is 11.8 Å². The first-order chi connectivity index (χ1) is 7.21. The van der Waals surface area contributed by atoms with Gasteiger partial charge in [0.15, 0.2) is 11.5 Å². The number of nitrogens with two attached hydrogens (primary N) is 1. The van der Waals surface area contributed by atoms with Crippen molar-refractivity contribution in [2.45, 2.75) is 0 Å². The van der Waals surface area contributed by atoms with E-state index in [0.29, 0.717) is 17.2 Å². The Kier molecular flexibility index (Phi) is 6.29. The highest BCUT2D eigenvalue weighted by Gasteiger charge is 2.05. The monoisotopic (exact) mass is 246 g/mol. The van der Waals surface area contributed by atoms with Gasteiger partial charge >= 0.3 is 0 Å². The van der Waals surface area contributed by atoms with Crippen LogP contribution in [-0.2, 0) is 4.79 Å². The van der Waals surface area contributed by atoms with Crippen LogP contribution in [0.15, 0.2) is 18.2 Å². The van der Waals surface area contributed by atoms with Crippen LogP contribution >= 0.6 is 12.4 Å². The molecule has 0 aliphatic rings. The summed E-state index contributed by atoms with van der Waals surface area (Å²) in [7, 11) is 3.09. The first-order valence-corrected chi connectivity index (χ1v) is 4.43. The zero-order valence-corrected chi connectivity index (χ0v) is 9.97. The molecule has 6 heteroatoms. The summed E-state index contributed by atoms with van der Waals surface area (Å²) >= 11 is 0. The maximum Gasteiger partial charge on any atom is 0.238 e. The summed E-state index contributed by atoms with van der Waals surface area (Å²) in [5.41, 5.74) is 5.81. The molecule has 0 bridgehead atoms. The molecule has 0 saturated heterocycles. The van der Waals surface area contributed by atoms with Gasteiger partial charge < -0.3 is 20.5 Å². The van der Waals surface area contributed by atoms with E-state index in [-0.39, 0.29) is 24.9 Å². The summed E-state index contributed by atoms with van der Waals surface area (Å²) < 4.78 is 10.1. The quantitative estimate of drug-likeness (QED) is 0.832. The van der Waals surface area contributed by atoms with Gasteiger partial charge in [0.1, 0.15) is 0 Å². The van der Waals surface area contributed by atoms with Crippen LogP contribution in [-0.4, -0.2) is 26.7 Å². The minimum Gasteiger partial charge on any atom is -0.493 e. The van der Waals surface area contributed by atoms with E-state index >= 15 is 0 Å². The van der Waals surface area contributed by atoms with Crippen LogP contribution in [0.5, 0.6) is 11.5 Å². The number of hydrogen-bond donors (Lipinski definition) is 2. The van der Waals surface area contributed by atoms with E-state index < -0.39 is 0 Å². The molecule has 3 N–H and O–H groups in total. The molecule has 0 heterocycles. The number of nitrogens with one attached hydrogen (secondary N) is 1. The molecule has 1 amide bonds. The number of benzene rings is 1. The lowest BCUT2D eigenvalue weighted by atomic mass is 10.2. The van der Waals surface area contributed by atoms with Crippen molar-refractivity contribution in [1.29, 1.82) is 0 Å². The molecule has 1 aromatic carbocycles. The van der Waals surface area contributed by atoms with E-state index in [4.69, 9.17) is 15.2 Å². The largest absolute Gasteiger partial charge is 0.493 e. The summed E-state index contributed by atoms with van der Waals surface area (Å²) in [6.45, 7) is -0.0473. The molecular formula is C10H15ClN2O3. The minimum absolute atomic E-state index is 0. The van der Waals surface area contributed by atoms with E-state index in [2.05, 4.69) is 5.32 Å². The normalized spacial score (nSPS) is 8.94.